The summed E-state index contributed by atoms with van der Waals surface area (Å²) in [6, 6.07) is -0.189. The summed E-state index contributed by atoms with van der Waals surface area (Å²) < 4.78 is 63.0. The van der Waals surface area contributed by atoms with Crippen LogP contribution in [0.1, 0.15) is 6.42 Å². The number of hydrogen-bond donors (Lipinski definition) is 1. The van der Waals surface area contributed by atoms with E-state index in [9.17, 15) is 21.6 Å². The van der Waals surface area contributed by atoms with Crippen LogP contribution in [0.5, 0.6) is 0 Å². The third-order valence-electron chi connectivity index (χ3n) is 3.18. The number of aromatic nitrogens is 2. The molecule has 1 atom stereocenters. The van der Waals surface area contributed by atoms with Crippen LogP contribution in [0.25, 0.3) is 0 Å². The van der Waals surface area contributed by atoms with Crippen molar-refractivity contribution in [1.29, 1.82) is 0 Å². The van der Waals surface area contributed by atoms with Crippen LogP contribution >= 0.6 is 12.4 Å². The van der Waals surface area contributed by atoms with Gasteiger partial charge in [-0.1, -0.05) is 0 Å². The first-order valence-electron chi connectivity index (χ1n) is 5.98. The fourth-order valence-electron chi connectivity index (χ4n) is 2.06. The van der Waals surface area contributed by atoms with Crippen molar-refractivity contribution >= 4 is 22.4 Å². The minimum absolute atomic E-state index is 0. The molecule has 1 saturated heterocycles. The molecule has 0 aromatic carbocycles. The molecule has 1 aromatic rings. The Bertz CT molecular complexity index is 569. The molecule has 1 aliphatic rings. The van der Waals surface area contributed by atoms with Gasteiger partial charge in [0.2, 0.25) is 10.0 Å². The lowest BCUT2D eigenvalue weighted by molar-refractivity contribution is -0.142. The van der Waals surface area contributed by atoms with Crippen LogP contribution in [0.15, 0.2) is 17.3 Å². The van der Waals surface area contributed by atoms with Crippen molar-refractivity contribution in [2.45, 2.75) is 30.1 Å². The van der Waals surface area contributed by atoms with Gasteiger partial charge in [-0.3, -0.25) is 4.68 Å². The van der Waals surface area contributed by atoms with E-state index in [0.717, 1.165) is 18.9 Å². The van der Waals surface area contributed by atoms with Gasteiger partial charge < -0.3 is 5.32 Å². The average molecular weight is 349 g/mol. The molecule has 1 aliphatic heterocycles. The SMILES string of the molecule is CN(C1CCNC1)S(=O)(=O)c1cnn(CC(F)(F)F)c1.Cl. The van der Waals surface area contributed by atoms with Crippen LogP contribution in [0, 0.1) is 0 Å². The predicted molar refractivity (Wildman–Crippen MR) is 71.8 cm³/mol. The lowest BCUT2D eigenvalue weighted by Crippen LogP contribution is -2.38. The Morgan fingerprint density at radius 3 is 2.71 bits per heavy atom. The molecule has 0 spiro atoms. The molecule has 122 valence electrons. The molecule has 0 amide bonds. The van der Waals surface area contributed by atoms with Crippen LogP contribution in [0.4, 0.5) is 13.2 Å². The summed E-state index contributed by atoms with van der Waals surface area (Å²) in [5, 5.41) is 6.49. The van der Waals surface area contributed by atoms with E-state index in [1.54, 1.807) is 0 Å². The second-order valence-corrected chi connectivity index (χ2v) is 6.65. The first kappa shape index (κ1) is 18.2. The predicted octanol–water partition coefficient (Wildman–Crippen LogP) is 0.850. The fourth-order valence-corrected chi connectivity index (χ4v) is 3.40. The standard InChI is InChI=1S/C10H15F3N4O2S.ClH/c1-16(8-2-3-14-4-8)20(18,19)9-5-15-17(6-9)7-10(11,12)13;/h5-6,8,14H,2-4,7H2,1H3;1H. The highest BCUT2D eigenvalue weighted by atomic mass is 35.5. The number of nitrogens with one attached hydrogen (secondary N) is 1. The highest BCUT2D eigenvalue weighted by Crippen LogP contribution is 2.21. The molecule has 1 unspecified atom stereocenters. The van der Waals surface area contributed by atoms with Crippen LogP contribution in [0.3, 0.4) is 0 Å². The first-order chi connectivity index (χ1) is 9.20. The minimum Gasteiger partial charge on any atom is -0.315 e. The highest BCUT2D eigenvalue weighted by Gasteiger charge is 2.32. The minimum atomic E-state index is -4.44. The molecule has 1 fully saturated rings. The molecule has 0 aliphatic carbocycles. The highest BCUT2D eigenvalue weighted by molar-refractivity contribution is 7.89. The monoisotopic (exact) mass is 348 g/mol. The Balaban J connectivity index is 0.00000220. The molecule has 21 heavy (non-hydrogen) atoms. The van der Waals surface area contributed by atoms with Crippen molar-refractivity contribution in [3.05, 3.63) is 12.4 Å². The van der Waals surface area contributed by atoms with Gasteiger partial charge >= 0.3 is 6.18 Å². The number of nitrogens with zero attached hydrogens (tertiary/aromatic N) is 3. The third kappa shape index (κ3) is 4.31. The second-order valence-electron chi connectivity index (χ2n) is 4.66. The van der Waals surface area contributed by atoms with E-state index in [1.165, 1.54) is 11.4 Å². The molecule has 0 radical (unpaired) electrons. The molecule has 6 nitrogen and oxygen atoms in total. The number of likely N-dealkylation sites (N-methyl/N-ethyl adjacent to an activating group) is 1. The number of rotatable bonds is 4. The van der Waals surface area contributed by atoms with Crippen molar-refractivity contribution in [1.82, 2.24) is 19.4 Å². The summed E-state index contributed by atoms with van der Waals surface area (Å²) >= 11 is 0. The Kier molecular flexibility index (Phi) is 5.64. The van der Waals surface area contributed by atoms with E-state index < -0.39 is 22.7 Å². The molecule has 0 saturated carbocycles. The summed E-state index contributed by atoms with van der Waals surface area (Å²) in [6.45, 7) is -0.0541. The van der Waals surface area contributed by atoms with E-state index in [-0.39, 0.29) is 23.3 Å². The van der Waals surface area contributed by atoms with Gasteiger partial charge in [-0.2, -0.15) is 22.6 Å². The van der Waals surface area contributed by atoms with E-state index in [1.807, 2.05) is 0 Å². The number of alkyl halides is 3. The first-order valence-corrected chi connectivity index (χ1v) is 7.42. The van der Waals surface area contributed by atoms with E-state index in [2.05, 4.69) is 10.4 Å². The normalized spacial score (nSPS) is 19.8. The smallest absolute Gasteiger partial charge is 0.315 e. The van der Waals surface area contributed by atoms with Gasteiger partial charge in [0.25, 0.3) is 0 Å². The zero-order chi connectivity index (χ0) is 15.0. The Morgan fingerprint density at radius 2 is 2.19 bits per heavy atom. The Labute approximate surface area is 126 Å². The van der Waals surface area contributed by atoms with Crippen molar-refractivity contribution in [2.75, 3.05) is 20.1 Å². The summed E-state index contributed by atoms with van der Waals surface area (Å²) in [7, 11) is -2.39. The number of hydrogen-bond acceptors (Lipinski definition) is 4. The van der Waals surface area contributed by atoms with Crippen molar-refractivity contribution < 1.29 is 21.6 Å². The molecule has 2 heterocycles. The van der Waals surface area contributed by atoms with Gasteiger partial charge in [0.15, 0.2) is 0 Å². The van der Waals surface area contributed by atoms with Crippen LogP contribution in [-0.4, -0.2) is 54.9 Å². The fraction of sp³-hybridized carbons (Fsp3) is 0.700. The number of halogens is 4. The lowest BCUT2D eigenvalue weighted by Gasteiger charge is -2.22. The zero-order valence-corrected chi connectivity index (χ0v) is 12.8. The molecule has 0 bridgehead atoms. The van der Waals surface area contributed by atoms with Gasteiger partial charge in [-0.05, 0) is 13.0 Å². The Morgan fingerprint density at radius 1 is 1.52 bits per heavy atom. The Hall–Kier alpha value is -0.840. The van der Waals surface area contributed by atoms with E-state index in [4.69, 9.17) is 0 Å². The average Bonchev–Trinajstić information content (AvgIpc) is 2.95. The van der Waals surface area contributed by atoms with Crippen molar-refractivity contribution in [3.8, 4) is 0 Å². The van der Waals surface area contributed by atoms with Gasteiger partial charge in [-0.25, -0.2) is 8.42 Å². The summed E-state index contributed by atoms with van der Waals surface area (Å²) in [6.07, 6.45) is -1.91. The quantitative estimate of drug-likeness (QED) is 0.876. The van der Waals surface area contributed by atoms with Gasteiger partial charge in [0, 0.05) is 25.8 Å². The third-order valence-corrected chi connectivity index (χ3v) is 5.04. The summed E-state index contributed by atoms with van der Waals surface area (Å²) in [4.78, 5) is -0.226. The summed E-state index contributed by atoms with van der Waals surface area (Å²) in [5.74, 6) is 0. The van der Waals surface area contributed by atoms with Crippen LogP contribution in [-0.2, 0) is 16.6 Å². The van der Waals surface area contributed by atoms with E-state index >= 15 is 0 Å². The molecule has 1 N–H and O–H groups in total. The maximum absolute atomic E-state index is 12.3. The zero-order valence-electron chi connectivity index (χ0n) is 11.2. The largest absolute Gasteiger partial charge is 0.408 e. The number of sulfonamides is 1. The van der Waals surface area contributed by atoms with Crippen molar-refractivity contribution in [3.63, 3.8) is 0 Å². The molecular weight excluding hydrogens is 333 g/mol. The van der Waals surface area contributed by atoms with Gasteiger partial charge in [-0.15, -0.1) is 12.4 Å². The van der Waals surface area contributed by atoms with E-state index in [0.29, 0.717) is 17.6 Å². The summed E-state index contributed by atoms with van der Waals surface area (Å²) in [5.41, 5.74) is 0. The van der Waals surface area contributed by atoms with Crippen molar-refractivity contribution in [2.24, 2.45) is 0 Å². The maximum Gasteiger partial charge on any atom is 0.408 e. The van der Waals surface area contributed by atoms with Crippen LogP contribution in [0.2, 0.25) is 0 Å². The molecular formula is C10H16ClF3N4O2S. The van der Waals surface area contributed by atoms with Crippen LogP contribution < -0.4 is 5.32 Å². The molecule has 2 rings (SSSR count). The maximum atomic E-state index is 12.3. The van der Waals surface area contributed by atoms with Gasteiger partial charge in [0.1, 0.15) is 11.4 Å². The molecule has 11 heteroatoms. The second kappa shape index (κ2) is 6.51. The lowest BCUT2D eigenvalue weighted by atomic mass is 10.3. The molecule has 1 aromatic heterocycles. The van der Waals surface area contributed by atoms with Gasteiger partial charge in [0.05, 0.1) is 6.20 Å². The topological polar surface area (TPSA) is 67.2 Å².